The maximum absolute atomic E-state index is 11.6. The average Bonchev–Trinajstić information content (AvgIpc) is 2.37. The second-order valence-corrected chi connectivity index (χ2v) is 4.60. The molecule has 0 aliphatic carbocycles. The zero-order valence-corrected chi connectivity index (χ0v) is 11.4. The van der Waals surface area contributed by atoms with E-state index in [0.717, 1.165) is 6.42 Å². The number of nitrogens with one attached hydrogen (secondary N) is 2. The van der Waals surface area contributed by atoms with Gasteiger partial charge in [0.1, 0.15) is 0 Å². The standard InChI is InChI=1S/C13H17ClN2O3/c1-2-3-9(12(17)18)8-15-13(19)16-11-6-4-10(14)5-7-11/h4-7,9H,2-3,8H2,1H3,(H,17,18)(H2,15,16,19). The summed E-state index contributed by atoms with van der Waals surface area (Å²) in [5, 5.41) is 14.7. The number of carboxylic acids is 1. The summed E-state index contributed by atoms with van der Waals surface area (Å²) in [5.41, 5.74) is 0.601. The number of hydrogen-bond acceptors (Lipinski definition) is 2. The van der Waals surface area contributed by atoms with Gasteiger partial charge >= 0.3 is 12.0 Å². The lowest BCUT2D eigenvalue weighted by Gasteiger charge is -2.13. The molecule has 2 amide bonds. The Morgan fingerprint density at radius 2 is 1.95 bits per heavy atom. The van der Waals surface area contributed by atoms with Crippen molar-refractivity contribution in [3.8, 4) is 0 Å². The molecule has 19 heavy (non-hydrogen) atoms. The lowest BCUT2D eigenvalue weighted by molar-refractivity contribution is -0.141. The molecule has 0 aromatic heterocycles. The van der Waals surface area contributed by atoms with Crippen LogP contribution in [0.5, 0.6) is 0 Å². The molecule has 104 valence electrons. The zero-order valence-electron chi connectivity index (χ0n) is 10.6. The van der Waals surface area contributed by atoms with Crippen molar-refractivity contribution in [2.24, 2.45) is 5.92 Å². The number of carboxylic acid groups (broad SMARTS) is 1. The van der Waals surface area contributed by atoms with Gasteiger partial charge in [0.05, 0.1) is 5.92 Å². The van der Waals surface area contributed by atoms with Gasteiger partial charge in [-0.2, -0.15) is 0 Å². The van der Waals surface area contributed by atoms with Crippen LogP contribution in [0.3, 0.4) is 0 Å². The first-order valence-electron chi connectivity index (χ1n) is 6.06. The van der Waals surface area contributed by atoms with Crippen LogP contribution in [-0.2, 0) is 4.79 Å². The Hall–Kier alpha value is -1.75. The Labute approximate surface area is 117 Å². The molecule has 5 nitrogen and oxygen atoms in total. The van der Waals surface area contributed by atoms with Gasteiger partial charge in [0, 0.05) is 17.3 Å². The van der Waals surface area contributed by atoms with Gasteiger partial charge in [-0.15, -0.1) is 0 Å². The molecule has 6 heteroatoms. The first kappa shape index (κ1) is 15.3. The highest BCUT2D eigenvalue weighted by Gasteiger charge is 2.17. The van der Waals surface area contributed by atoms with Crippen LogP contribution >= 0.6 is 11.6 Å². The molecule has 0 aliphatic heterocycles. The highest BCUT2D eigenvalue weighted by atomic mass is 35.5. The van der Waals surface area contributed by atoms with E-state index in [-0.39, 0.29) is 6.54 Å². The number of aliphatic carboxylic acids is 1. The van der Waals surface area contributed by atoms with Crippen molar-refractivity contribution in [2.75, 3.05) is 11.9 Å². The number of benzene rings is 1. The summed E-state index contributed by atoms with van der Waals surface area (Å²) >= 11 is 5.73. The molecule has 0 aliphatic rings. The molecule has 3 N–H and O–H groups in total. The van der Waals surface area contributed by atoms with Crippen LogP contribution in [0.2, 0.25) is 5.02 Å². The zero-order chi connectivity index (χ0) is 14.3. The maximum Gasteiger partial charge on any atom is 0.319 e. The van der Waals surface area contributed by atoms with E-state index in [4.69, 9.17) is 16.7 Å². The number of carbonyl (C=O) groups excluding carboxylic acids is 1. The van der Waals surface area contributed by atoms with Gasteiger partial charge in [0.25, 0.3) is 0 Å². The molecule has 0 saturated heterocycles. The number of urea groups is 1. The quantitative estimate of drug-likeness (QED) is 0.751. The topological polar surface area (TPSA) is 78.4 Å². The summed E-state index contributed by atoms with van der Waals surface area (Å²) < 4.78 is 0. The highest BCUT2D eigenvalue weighted by Crippen LogP contribution is 2.13. The van der Waals surface area contributed by atoms with Crippen molar-refractivity contribution >= 4 is 29.3 Å². The first-order valence-corrected chi connectivity index (χ1v) is 6.44. The first-order chi connectivity index (χ1) is 9.02. The molecule has 0 radical (unpaired) electrons. The Morgan fingerprint density at radius 3 is 2.47 bits per heavy atom. The summed E-state index contributed by atoms with van der Waals surface area (Å²) in [7, 11) is 0. The summed E-state index contributed by atoms with van der Waals surface area (Å²) in [5.74, 6) is -1.45. The predicted octanol–water partition coefficient (Wildman–Crippen LogP) is 2.96. The molecule has 1 unspecified atom stereocenters. The summed E-state index contributed by atoms with van der Waals surface area (Å²) in [6.45, 7) is 2.02. The third-order valence-corrected chi connectivity index (χ3v) is 2.85. The maximum atomic E-state index is 11.6. The van der Waals surface area contributed by atoms with Crippen molar-refractivity contribution < 1.29 is 14.7 Å². The van der Waals surface area contributed by atoms with Crippen LogP contribution in [0.4, 0.5) is 10.5 Å². The molecule has 1 rings (SSSR count). The minimum atomic E-state index is -0.895. The van der Waals surface area contributed by atoms with E-state index in [9.17, 15) is 9.59 Å². The minimum Gasteiger partial charge on any atom is -0.481 e. The van der Waals surface area contributed by atoms with E-state index in [1.165, 1.54) is 0 Å². The van der Waals surface area contributed by atoms with E-state index in [0.29, 0.717) is 17.1 Å². The van der Waals surface area contributed by atoms with E-state index >= 15 is 0 Å². The Kier molecular flexibility index (Phi) is 6.15. The van der Waals surface area contributed by atoms with Gasteiger partial charge in [-0.3, -0.25) is 4.79 Å². The molecule has 0 spiro atoms. The van der Waals surface area contributed by atoms with Gasteiger partial charge in [-0.1, -0.05) is 24.9 Å². The van der Waals surface area contributed by atoms with E-state index in [1.807, 2.05) is 6.92 Å². The number of carbonyl (C=O) groups is 2. The largest absolute Gasteiger partial charge is 0.481 e. The molecule has 0 bridgehead atoms. The molecular formula is C13H17ClN2O3. The number of anilines is 1. The minimum absolute atomic E-state index is 0.114. The SMILES string of the molecule is CCCC(CNC(=O)Nc1ccc(Cl)cc1)C(=O)O. The molecular weight excluding hydrogens is 268 g/mol. The Bertz CT molecular complexity index is 434. The van der Waals surface area contributed by atoms with E-state index in [1.54, 1.807) is 24.3 Å². The molecule has 1 aromatic rings. The number of amides is 2. The van der Waals surface area contributed by atoms with Crippen LogP contribution in [0, 0.1) is 5.92 Å². The second-order valence-electron chi connectivity index (χ2n) is 4.17. The van der Waals surface area contributed by atoms with E-state index in [2.05, 4.69) is 10.6 Å². The van der Waals surface area contributed by atoms with Crippen molar-refractivity contribution in [3.05, 3.63) is 29.3 Å². The van der Waals surface area contributed by atoms with Crippen LogP contribution in [-0.4, -0.2) is 23.7 Å². The molecule has 1 atom stereocenters. The fourth-order valence-electron chi connectivity index (χ4n) is 1.59. The molecule has 1 aromatic carbocycles. The van der Waals surface area contributed by atoms with Crippen molar-refractivity contribution in [2.45, 2.75) is 19.8 Å². The van der Waals surface area contributed by atoms with Gasteiger partial charge < -0.3 is 15.7 Å². The van der Waals surface area contributed by atoms with Gasteiger partial charge in [0.15, 0.2) is 0 Å². The lowest BCUT2D eigenvalue weighted by atomic mass is 10.0. The third-order valence-electron chi connectivity index (χ3n) is 2.60. The predicted molar refractivity (Wildman–Crippen MR) is 74.5 cm³/mol. The van der Waals surface area contributed by atoms with E-state index < -0.39 is 17.9 Å². The number of rotatable bonds is 6. The monoisotopic (exact) mass is 284 g/mol. The third kappa shape index (κ3) is 5.61. The summed E-state index contributed by atoms with van der Waals surface area (Å²) in [6, 6.07) is 6.23. The van der Waals surface area contributed by atoms with Gasteiger partial charge in [-0.05, 0) is 30.7 Å². The normalized spacial score (nSPS) is 11.7. The van der Waals surface area contributed by atoms with Gasteiger partial charge in [-0.25, -0.2) is 4.79 Å². The average molecular weight is 285 g/mol. The highest BCUT2D eigenvalue weighted by molar-refractivity contribution is 6.30. The van der Waals surface area contributed by atoms with Crippen LogP contribution in [0.25, 0.3) is 0 Å². The summed E-state index contributed by atoms with van der Waals surface area (Å²) in [6.07, 6.45) is 1.30. The van der Waals surface area contributed by atoms with Crippen molar-refractivity contribution in [3.63, 3.8) is 0 Å². The fraction of sp³-hybridized carbons (Fsp3) is 0.385. The molecule has 0 saturated carbocycles. The Morgan fingerprint density at radius 1 is 1.32 bits per heavy atom. The second kappa shape index (κ2) is 7.63. The molecule has 0 fully saturated rings. The Balaban J connectivity index is 2.42. The number of halogens is 1. The van der Waals surface area contributed by atoms with Crippen LogP contribution < -0.4 is 10.6 Å². The van der Waals surface area contributed by atoms with Crippen LogP contribution in [0.15, 0.2) is 24.3 Å². The van der Waals surface area contributed by atoms with Gasteiger partial charge in [0.2, 0.25) is 0 Å². The number of hydrogen-bond donors (Lipinski definition) is 3. The van der Waals surface area contributed by atoms with Crippen molar-refractivity contribution in [1.82, 2.24) is 5.32 Å². The van der Waals surface area contributed by atoms with Crippen LogP contribution in [0.1, 0.15) is 19.8 Å². The lowest BCUT2D eigenvalue weighted by Crippen LogP contribution is -2.35. The smallest absolute Gasteiger partial charge is 0.319 e. The van der Waals surface area contributed by atoms with Crippen molar-refractivity contribution in [1.29, 1.82) is 0 Å². The fourth-order valence-corrected chi connectivity index (χ4v) is 1.71. The summed E-state index contributed by atoms with van der Waals surface area (Å²) in [4.78, 5) is 22.5. The molecule has 0 heterocycles.